The molecule has 1 unspecified atom stereocenters. The number of aliphatic hydroxyl groups excluding tert-OH is 1. The van der Waals surface area contributed by atoms with Gasteiger partial charge in [0.2, 0.25) is 5.88 Å². The smallest absolute Gasteiger partial charge is 0.212 e. The first-order valence-corrected chi connectivity index (χ1v) is 6.68. The van der Waals surface area contributed by atoms with Crippen LogP contribution in [0.4, 0.5) is 0 Å². The van der Waals surface area contributed by atoms with Gasteiger partial charge in [-0.3, -0.25) is 0 Å². The summed E-state index contributed by atoms with van der Waals surface area (Å²) in [4.78, 5) is 4.07. The van der Waals surface area contributed by atoms with Crippen LogP contribution in [0.5, 0.6) is 17.4 Å². The Morgan fingerprint density at radius 2 is 1.95 bits per heavy atom. The number of ether oxygens (including phenoxy) is 2. The van der Waals surface area contributed by atoms with Crippen molar-refractivity contribution in [3.05, 3.63) is 47.7 Å². The quantitative estimate of drug-likeness (QED) is 0.854. The highest BCUT2D eigenvalue weighted by atomic mass is 16.5. The Morgan fingerprint density at radius 3 is 2.57 bits per heavy atom. The highest BCUT2D eigenvalue weighted by Gasteiger charge is 2.12. The van der Waals surface area contributed by atoms with Crippen molar-refractivity contribution in [3.63, 3.8) is 0 Å². The lowest BCUT2D eigenvalue weighted by Crippen LogP contribution is -2.01. The number of methoxy groups -OCH3 is 2. The molecule has 0 saturated carbocycles. The van der Waals surface area contributed by atoms with Gasteiger partial charge >= 0.3 is 0 Å². The Bertz CT molecular complexity index is 583. The van der Waals surface area contributed by atoms with Gasteiger partial charge in [0.15, 0.2) is 11.5 Å². The van der Waals surface area contributed by atoms with E-state index >= 15 is 0 Å². The first-order chi connectivity index (χ1) is 10.2. The lowest BCUT2D eigenvalue weighted by atomic mass is 10.0. The third-order valence-corrected chi connectivity index (χ3v) is 3.34. The van der Waals surface area contributed by atoms with Crippen molar-refractivity contribution < 1.29 is 19.7 Å². The fourth-order valence-electron chi connectivity index (χ4n) is 2.10. The van der Waals surface area contributed by atoms with Crippen molar-refractivity contribution in [2.75, 3.05) is 14.2 Å². The predicted octanol–water partition coefficient (Wildman–Crippen LogP) is 2.47. The second kappa shape index (κ2) is 6.95. The Morgan fingerprint density at radius 1 is 1.14 bits per heavy atom. The number of aromatic hydroxyl groups is 1. The molecule has 0 saturated heterocycles. The molecule has 0 aliphatic carbocycles. The van der Waals surface area contributed by atoms with Crippen molar-refractivity contribution in [3.8, 4) is 17.4 Å². The summed E-state index contributed by atoms with van der Waals surface area (Å²) in [6, 6.07) is 8.82. The van der Waals surface area contributed by atoms with Crippen LogP contribution in [-0.2, 0) is 6.42 Å². The number of aryl methyl sites for hydroxylation is 1. The molecule has 0 spiro atoms. The monoisotopic (exact) mass is 289 g/mol. The van der Waals surface area contributed by atoms with Crippen LogP contribution < -0.4 is 9.47 Å². The minimum Gasteiger partial charge on any atom is -0.504 e. The van der Waals surface area contributed by atoms with Gasteiger partial charge in [0.25, 0.3) is 0 Å². The van der Waals surface area contributed by atoms with Crippen molar-refractivity contribution >= 4 is 0 Å². The molecular formula is C16H19NO4. The Labute approximate surface area is 123 Å². The highest BCUT2D eigenvalue weighted by molar-refractivity contribution is 5.45. The number of phenols is 1. The van der Waals surface area contributed by atoms with E-state index in [1.807, 2.05) is 12.1 Å². The third kappa shape index (κ3) is 3.64. The molecular weight excluding hydrogens is 270 g/mol. The molecule has 21 heavy (non-hydrogen) atoms. The second-order valence-electron chi connectivity index (χ2n) is 4.66. The summed E-state index contributed by atoms with van der Waals surface area (Å²) in [5.41, 5.74) is 1.47. The SMILES string of the molecule is COc1ccc(C(O)CCc2cccc(OC)c2O)cn1. The molecule has 1 atom stereocenters. The van der Waals surface area contributed by atoms with Crippen molar-refractivity contribution in [1.29, 1.82) is 0 Å². The molecule has 1 aromatic carbocycles. The van der Waals surface area contributed by atoms with Gasteiger partial charge in [-0.25, -0.2) is 4.98 Å². The number of nitrogens with zero attached hydrogens (tertiary/aromatic N) is 1. The largest absolute Gasteiger partial charge is 0.504 e. The van der Waals surface area contributed by atoms with Crippen molar-refractivity contribution in [2.24, 2.45) is 0 Å². The lowest BCUT2D eigenvalue weighted by molar-refractivity contribution is 0.167. The number of pyridine rings is 1. The van der Waals surface area contributed by atoms with E-state index in [1.165, 1.54) is 7.11 Å². The molecule has 0 fully saturated rings. The predicted molar refractivity (Wildman–Crippen MR) is 78.7 cm³/mol. The van der Waals surface area contributed by atoms with E-state index in [0.717, 1.165) is 11.1 Å². The molecule has 0 bridgehead atoms. The summed E-state index contributed by atoms with van der Waals surface area (Å²) in [7, 11) is 3.06. The van der Waals surface area contributed by atoms with Gasteiger partial charge in [-0.05, 0) is 36.1 Å². The number of phenolic OH excluding ortho intramolecular Hbond substituents is 1. The van der Waals surface area contributed by atoms with E-state index in [-0.39, 0.29) is 5.75 Å². The maximum absolute atomic E-state index is 10.2. The van der Waals surface area contributed by atoms with Crippen LogP contribution in [0.15, 0.2) is 36.5 Å². The fourth-order valence-corrected chi connectivity index (χ4v) is 2.10. The van der Waals surface area contributed by atoms with Crippen molar-refractivity contribution in [2.45, 2.75) is 18.9 Å². The van der Waals surface area contributed by atoms with Gasteiger partial charge in [-0.1, -0.05) is 12.1 Å². The average molecular weight is 289 g/mol. The molecule has 0 aliphatic heterocycles. The molecule has 1 aromatic heterocycles. The van der Waals surface area contributed by atoms with Crippen LogP contribution >= 0.6 is 0 Å². The molecule has 0 amide bonds. The molecule has 2 rings (SSSR count). The fraction of sp³-hybridized carbons (Fsp3) is 0.312. The molecule has 112 valence electrons. The first-order valence-electron chi connectivity index (χ1n) is 6.68. The van der Waals surface area contributed by atoms with Crippen LogP contribution in [0.1, 0.15) is 23.7 Å². The van der Waals surface area contributed by atoms with Crippen LogP contribution in [0.2, 0.25) is 0 Å². The summed E-state index contributed by atoms with van der Waals surface area (Å²) in [5, 5.41) is 20.2. The lowest BCUT2D eigenvalue weighted by Gasteiger charge is -2.13. The maximum atomic E-state index is 10.2. The molecule has 1 heterocycles. The summed E-state index contributed by atoms with van der Waals surface area (Å²) in [5.74, 6) is 1.07. The Kier molecular flexibility index (Phi) is 5.00. The summed E-state index contributed by atoms with van der Waals surface area (Å²) < 4.78 is 10.0. The van der Waals surface area contributed by atoms with Gasteiger partial charge in [-0.2, -0.15) is 0 Å². The summed E-state index contributed by atoms with van der Waals surface area (Å²) in [6.07, 6.45) is 1.97. The Balaban J connectivity index is 2.01. The number of para-hydroxylation sites is 1. The number of aromatic nitrogens is 1. The third-order valence-electron chi connectivity index (χ3n) is 3.34. The standard InChI is InChI=1S/C16H19NO4/c1-20-14-5-3-4-11(16(14)19)6-8-13(18)12-7-9-15(21-2)17-10-12/h3-5,7,9-10,13,18-19H,6,8H2,1-2H3. The van der Waals surface area contributed by atoms with Crippen molar-refractivity contribution in [1.82, 2.24) is 4.98 Å². The maximum Gasteiger partial charge on any atom is 0.212 e. The van der Waals surface area contributed by atoms with Crippen LogP contribution in [0.25, 0.3) is 0 Å². The number of benzene rings is 1. The summed E-state index contributed by atoms with van der Waals surface area (Å²) >= 11 is 0. The molecule has 0 aliphatic rings. The van der Waals surface area contributed by atoms with Gasteiger partial charge in [-0.15, -0.1) is 0 Å². The molecule has 0 radical (unpaired) electrons. The zero-order valence-corrected chi connectivity index (χ0v) is 12.1. The molecule has 2 aromatic rings. The number of hydrogen-bond donors (Lipinski definition) is 2. The van der Waals surface area contributed by atoms with E-state index in [9.17, 15) is 10.2 Å². The van der Waals surface area contributed by atoms with Gasteiger partial charge in [0, 0.05) is 12.3 Å². The van der Waals surface area contributed by atoms with E-state index in [2.05, 4.69) is 4.98 Å². The highest BCUT2D eigenvalue weighted by Crippen LogP contribution is 2.31. The van der Waals surface area contributed by atoms with E-state index in [4.69, 9.17) is 9.47 Å². The Hall–Kier alpha value is -2.27. The van der Waals surface area contributed by atoms with E-state index in [0.29, 0.717) is 24.5 Å². The van der Waals surface area contributed by atoms with E-state index in [1.54, 1.807) is 31.5 Å². The average Bonchev–Trinajstić information content (AvgIpc) is 2.53. The van der Waals surface area contributed by atoms with Gasteiger partial charge < -0.3 is 19.7 Å². The van der Waals surface area contributed by atoms with E-state index < -0.39 is 6.10 Å². The number of aliphatic hydroxyl groups is 1. The molecule has 5 nitrogen and oxygen atoms in total. The van der Waals surface area contributed by atoms with Crippen LogP contribution in [0, 0.1) is 0 Å². The van der Waals surface area contributed by atoms with Gasteiger partial charge in [0.1, 0.15) is 0 Å². The normalized spacial score (nSPS) is 12.0. The minimum atomic E-state index is -0.644. The minimum absolute atomic E-state index is 0.125. The van der Waals surface area contributed by atoms with Gasteiger partial charge in [0.05, 0.1) is 20.3 Å². The zero-order valence-electron chi connectivity index (χ0n) is 12.1. The second-order valence-corrected chi connectivity index (χ2v) is 4.66. The molecule has 2 N–H and O–H groups in total. The number of rotatable bonds is 6. The molecule has 5 heteroatoms. The van der Waals surface area contributed by atoms with Crippen LogP contribution in [0.3, 0.4) is 0 Å². The zero-order chi connectivity index (χ0) is 15.2. The first kappa shape index (κ1) is 15.1. The number of hydrogen-bond acceptors (Lipinski definition) is 5. The summed E-state index contributed by atoms with van der Waals surface area (Å²) in [6.45, 7) is 0. The van der Waals surface area contributed by atoms with Crippen LogP contribution in [-0.4, -0.2) is 29.4 Å². The topological polar surface area (TPSA) is 71.8 Å².